The first-order valence-corrected chi connectivity index (χ1v) is 10.1. The Morgan fingerprint density at radius 3 is 2.65 bits per heavy atom. The van der Waals surface area contributed by atoms with Crippen LogP contribution in [0.4, 0.5) is 4.39 Å². The monoisotopic (exact) mass is 418 g/mol. The second kappa shape index (κ2) is 9.02. The average Bonchev–Trinajstić information content (AvgIpc) is 3.10. The van der Waals surface area contributed by atoms with Crippen LogP contribution in [0.1, 0.15) is 27.0 Å². The zero-order valence-electron chi connectivity index (χ0n) is 16.9. The number of halogens is 1. The van der Waals surface area contributed by atoms with Crippen molar-refractivity contribution >= 4 is 16.9 Å². The lowest BCUT2D eigenvalue weighted by Crippen LogP contribution is -2.03. The molecule has 0 saturated carbocycles. The van der Waals surface area contributed by atoms with Crippen molar-refractivity contribution in [2.24, 2.45) is 5.73 Å². The topological polar surface area (TPSA) is 77.5 Å². The third kappa shape index (κ3) is 4.59. The van der Waals surface area contributed by atoms with E-state index in [1.54, 1.807) is 36.4 Å². The Bertz CT molecular complexity index is 1230. The van der Waals surface area contributed by atoms with Gasteiger partial charge in [-0.2, -0.15) is 0 Å². The molecule has 0 fully saturated rings. The first kappa shape index (κ1) is 20.6. The number of fused-ring (bicyclic) bond motifs is 1. The molecule has 0 radical (unpaired) electrons. The highest BCUT2D eigenvalue weighted by molar-refractivity contribution is 5.88. The summed E-state index contributed by atoms with van der Waals surface area (Å²) in [4.78, 5) is 11.3. The van der Waals surface area contributed by atoms with E-state index in [1.165, 1.54) is 6.07 Å². The quantitative estimate of drug-likeness (QED) is 0.438. The molecular formula is C25H23FN2O3. The van der Waals surface area contributed by atoms with Crippen LogP contribution in [0, 0.1) is 5.82 Å². The van der Waals surface area contributed by atoms with E-state index in [4.69, 9.17) is 10.5 Å². The van der Waals surface area contributed by atoms with E-state index in [9.17, 15) is 14.3 Å². The largest absolute Gasteiger partial charge is 0.489 e. The van der Waals surface area contributed by atoms with Gasteiger partial charge >= 0.3 is 5.97 Å². The molecule has 0 saturated heterocycles. The predicted molar refractivity (Wildman–Crippen MR) is 118 cm³/mol. The maximum absolute atomic E-state index is 13.9. The van der Waals surface area contributed by atoms with Crippen LogP contribution in [0.2, 0.25) is 0 Å². The summed E-state index contributed by atoms with van der Waals surface area (Å²) in [6, 6.07) is 19.3. The average molecular weight is 418 g/mol. The number of carboxylic acids is 1. The molecule has 4 rings (SSSR count). The van der Waals surface area contributed by atoms with E-state index in [0.717, 1.165) is 22.0 Å². The van der Waals surface area contributed by atoms with Gasteiger partial charge in [0.05, 0.1) is 5.56 Å². The molecular weight excluding hydrogens is 395 g/mol. The van der Waals surface area contributed by atoms with Gasteiger partial charge in [0.1, 0.15) is 18.2 Å². The van der Waals surface area contributed by atoms with Gasteiger partial charge in [0.25, 0.3) is 0 Å². The van der Waals surface area contributed by atoms with Crippen molar-refractivity contribution in [3.05, 3.63) is 101 Å². The van der Waals surface area contributed by atoms with Crippen molar-refractivity contribution in [3.63, 3.8) is 0 Å². The lowest BCUT2D eigenvalue weighted by atomic mass is 10.1. The smallest absolute Gasteiger partial charge is 0.335 e. The van der Waals surface area contributed by atoms with Crippen LogP contribution in [0.25, 0.3) is 10.9 Å². The molecule has 158 valence electrons. The van der Waals surface area contributed by atoms with Gasteiger partial charge < -0.3 is 20.1 Å². The molecule has 0 aliphatic rings. The van der Waals surface area contributed by atoms with Crippen molar-refractivity contribution in [1.29, 1.82) is 0 Å². The van der Waals surface area contributed by atoms with Crippen molar-refractivity contribution in [2.75, 3.05) is 6.54 Å². The van der Waals surface area contributed by atoms with Crippen LogP contribution in [-0.4, -0.2) is 22.2 Å². The minimum absolute atomic E-state index is 0.146. The van der Waals surface area contributed by atoms with E-state index < -0.39 is 5.97 Å². The molecule has 4 aromatic rings. The fraction of sp³-hybridized carbons (Fsp3) is 0.160. The Hall–Kier alpha value is -3.64. The van der Waals surface area contributed by atoms with E-state index in [-0.39, 0.29) is 18.0 Å². The summed E-state index contributed by atoms with van der Waals surface area (Å²) in [7, 11) is 0. The van der Waals surface area contributed by atoms with Crippen LogP contribution in [-0.2, 0) is 19.6 Å². The van der Waals surface area contributed by atoms with Crippen molar-refractivity contribution < 1.29 is 19.0 Å². The van der Waals surface area contributed by atoms with Gasteiger partial charge in [0.2, 0.25) is 0 Å². The van der Waals surface area contributed by atoms with Gasteiger partial charge in [-0.3, -0.25) is 0 Å². The van der Waals surface area contributed by atoms with Crippen molar-refractivity contribution in [3.8, 4) is 5.75 Å². The molecule has 0 aliphatic heterocycles. The zero-order valence-corrected chi connectivity index (χ0v) is 16.9. The number of nitrogens with two attached hydrogens (primary N) is 1. The predicted octanol–water partition coefficient (Wildman–Crippen LogP) is 4.61. The Morgan fingerprint density at radius 1 is 1.03 bits per heavy atom. The fourth-order valence-corrected chi connectivity index (χ4v) is 3.70. The molecule has 0 bridgehead atoms. The second-order valence-electron chi connectivity index (χ2n) is 7.39. The highest BCUT2D eigenvalue weighted by atomic mass is 19.1. The molecule has 0 unspecified atom stereocenters. The molecule has 31 heavy (non-hydrogen) atoms. The van der Waals surface area contributed by atoms with Gasteiger partial charge in [0, 0.05) is 29.2 Å². The van der Waals surface area contributed by atoms with Crippen LogP contribution < -0.4 is 10.5 Å². The number of nitrogens with zero attached hydrogens (tertiary/aromatic N) is 1. The van der Waals surface area contributed by atoms with Gasteiger partial charge in [-0.15, -0.1) is 0 Å². The number of hydrogen-bond acceptors (Lipinski definition) is 3. The molecule has 0 atom stereocenters. The highest BCUT2D eigenvalue weighted by Gasteiger charge is 2.12. The van der Waals surface area contributed by atoms with Crippen LogP contribution in [0.15, 0.2) is 72.9 Å². The van der Waals surface area contributed by atoms with Crippen LogP contribution in [0.3, 0.4) is 0 Å². The Kier molecular flexibility index (Phi) is 6.00. The number of benzene rings is 3. The summed E-state index contributed by atoms with van der Waals surface area (Å²) in [5.74, 6) is -0.582. The summed E-state index contributed by atoms with van der Waals surface area (Å²) in [5, 5.41) is 10.3. The number of carboxylic acid groups (broad SMARTS) is 1. The number of carbonyl (C=O) groups is 1. The van der Waals surface area contributed by atoms with Gasteiger partial charge in [-0.1, -0.05) is 30.3 Å². The van der Waals surface area contributed by atoms with Crippen LogP contribution >= 0.6 is 0 Å². The molecule has 0 amide bonds. The molecule has 0 spiro atoms. The zero-order chi connectivity index (χ0) is 21.8. The molecule has 5 nitrogen and oxygen atoms in total. The summed E-state index contributed by atoms with van der Waals surface area (Å²) in [6.45, 7) is 1.19. The number of ether oxygens (including phenoxy) is 1. The number of rotatable bonds is 8. The first-order valence-electron chi connectivity index (χ1n) is 10.1. The molecule has 0 aliphatic carbocycles. The Labute approximate surface area is 179 Å². The Morgan fingerprint density at radius 2 is 1.87 bits per heavy atom. The van der Waals surface area contributed by atoms with Gasteiger partial charge in [0.15, 0.2) is 0 Å². The van der Waals surface area contributed by atoms with Crippen molar-refractivity contribution in [1.82, 2.24) is 4.57 Å². The molecule has 1 aromatic heterocycles. The van der Waals surface area contributed by atoms with E-state index >= 15 is 0 Å². The minimum Gasteiger partial charge on any atom is -0.489 e. The van der Waals surface area contributed by atoms with Gasteiger partial charge in [-0.05, 0) is 60.5 Å². The lowest BCUT2D eigenvalue weighted by molar-refractivity contribution is 0.0696. The van der Waals surface area contributed by atoms with Crippen molar-refractivity contribution in [2.45, 2.75) is 19.6 Å². The SMILES string of the molecule is NCCc1cn(Cc2cccc(C(=O)O)c2)c2ccc(OCc3ccccc3F)cc12. The van der Waals surface area contributed by atoms with Crippen LogP contribution in [0.5, 0.6) is 5.75 Å². The molecule has 6 heteroatoms. The standard InChI is InChI=1S/C25H23FN2O3/c26-23-7-2-1-5-20(23)16-31-21-8-9-24-22(13-21)19(10-11-27)15-28(24)14-17-4-3-6-18(12-17)25(29)30/h1-9,12-13,15H,10-11,14,16,27H2,(H,29,30). The number of hydrogen-bond donors (Lipinski definition) is 2. The first-order chi connectivity index (χ1) is 15.0. The summed E-state index contributed by atoms with van der Waals surface area (Å²) >= 11 is 0. The summed E-state index contributed by atoms with van der Waals surface area (Å²) < 4.78 is 21.8. The summed E-state index contributed by atoms with van der Waals surface area (Å²) in [5.41, 5.74) is 9.56. The minimum atomic E-state index is -0.945. The third-order valence-corrected chi connectivity index (χ3v) is 5.23. The Balaban J connectivity index is 1.63. The molecule has 3 aromatic carbocycles. The maximum atomic E-state index is 13.9. The highest BCUT2D eigenvalue weighted by Crippen LogP contribution is 2.28. The molecule has 1 heterocycles. The van der Waals surface area contributed by atoms with E-state index in [1.807, 2.05) is 30.5 Å². The molecule has 3 N–H and O–H groups in total. The van der Waals surface area contributed by atoms with E-state index in [0.29, 0.717) is 30.8 Å². The fourth-order valence-electron chi connectivity index (χ4n) is 3.70. The maximum Gasteiger partial charge on any atom is 0.335 e. The second-order valence-corrected chi connectivity index (χ2v) is 7.39. The van der Waals surface area contributed by atoms with Gasteiger partial charge in [-0.25, -0.2) is 9.18 Å². The van der Waals surface area contributed by atoms with E-state index in [2.05, 4.69) is 4.57 Å². The number of aromatic nitrogens is 1. The summed E-state index contributed by atoms with van der Waals surface area (Å²) in [6.07, 6.45) is 2.75. The number of aromatic carboxylic acids is 1. The lowest BCUT2D eigenvalue weighted by Gasteiger charge is -2.09. The third-order valence-electron chi connectivity index (χ3n) is 5.23. The normalized spacial score (nSPS) is 11.0.